The fourth-order valence-electron chi connectivity index (χ4n) is 3.88. The number of halogens is 1. The first-order valence-corrected chi connectivity index (χ1v) is 13.2. The van der Waals surface area contributed by atoms with Crippen LogP contribution >= 0.6 is 11.6 Å². The molecule has 2 aromatic carbocycles. The van der Waals surface area contributed by atoms with Gasteiger partial charge in [0, 0.05) is 31.2 Å². The third-order valence-corrected chi connectivity index (χ3v) is 6.34. The molecule has 1 saturated heterocycles. The Hall–Kier alpha value is -2.33. The third kappa shape index (κ3) is 7.60. The second kappa shape index (κ2) is 11.7. The summed E-state index contributed by atoms with van der Waals surface area (Å²) in [6.45, 7) is 2.51. The van der Waals surface area contributed by atoms with Gasteiger partial charge in [-0.25, -0.2) is 13.5 Å². The van der Waals surface area contributed by atoms with Gasteiger partial charge in [-0.05, 0) is 49.2 Å². The summed E-state index contributed by atoms with van der Waals surface area (Å²) in [5, 5.41) is 14.8. The molecule has 1 aliphatic heterocycles. The number of hydrogen-bond acceptors (Lipinski definition) is 5. The maximum absolute atomic E-state index is 13.3. The number of para-hydroxylation sites is 2. The molecule has 0 spiro atoms. The van der Waals surface area contributed by atoms with Gasteiger partial charge >= 0.3 is 0 Å². The molecule has 0 aliphatic carbocycles. The molecule has 179 valence electrons. The molecule has 0 aromatic heterocycles. The Morgan fingerprint density at radius 2 is 1.73 bits per heavy atom. The number of piperazine rings is 1. The summed E-state index contributed by atoms with van der Waals surface area (Å²) < 4.78 is 26.0. The predicted molar refractivity (Wildman–Crippen MR) is 131 cm³/mol. The molecule has 1 heterocycles. The van der Waals surface area contributed by atoms with Gasteiger partial charge in [0.25, 0.3) is 0 Å². The van der Waals surface area contributed by atoms with Crippen molar-refractivity contribution in [2.24, 2.45) is 0 Å². The van der Waals surface area contributed by atoms with Crippen molar-refractivity contribution in [3.05, 3.63) is 59.1 Å². The number of amides is 1. The van der Waals surface area contributed by atoms with E-state index in [0.29, 0.717) is 56.3 Å². The number of carbonyl (C=O) groups excluding carboxylic acids is 1. The zero-order valence-corrected chi connectivity index (χ0v) is 20.2. The van der Waals surface area contributed by atoms with Crippen molar-refractivity contribution in [3.63, 3.8) is 0 Å². The highest BCUT2D eigenvalue weighted by atomic mass is 35.5. The predicted octanol–water partition coefficient (Wildman–Crippen LogP) is 2.38. The summed E-state index contributed by atoms with van der Waals surface area (Å²) in [5.74, 6) is -0.00181. The number of sulfonamides is 1. The number of benzene rings is 2. The van der Waals surface area contributed by atoms with Crippen molar-refractivity contribution in [1.82, 2.24) is 10.2 Å². The minimum absolute atomic E-state index is 0.00181. The van der Waals surface area contributed by atoms with Crippen LogP contribution in [0.4, 0.5) is 11.4 Å². The molecule has 33 heavy (non-hydrogen) atoms. The van der Waals surface area contributed by atoms with E-state index in [9.17, 15) is 18.3 Å². The van der Waals surface area contributed by atoms with Crippen molar-refractivity contribution in [2.45, 2.75) is 18.9 Å². The Kier molecular flexibility index (Phi) is 8.96. The third-order valence-electron chi connectivity index (χ3n) is 5.49. The molecule has 8 nitrogen and oxygen atoms in total. The van der Waals surface area contributed by atoms with E-state index >= 15 is 0 Å². The van der Waals surface area contributed by atoms with Crippen LogP contribution in [0.5, 0.6) is 0 Å². The molecule has 0 bridgehead atoms. The second-order valence-corrected chi connectivity index (χ2v) is 10.3. The van der Waals surface area contributed by atoms with Crippen LogP contribution in [0.2, 0.25) is 5.02 Å². The van der Waals surface area contributed by atoms with Gasteiger partial charge in [0.1, 0.15) is 0 Å². The van der Waals surface area contributed by atoms with E-state index in [4.69, 9.17) is 11.6 Å². The molecule has 1 amide bonds. The highest BCUT2D eigenvalue weighted by Gasteiger charge is 2.28. The molecule has 10 heteroatoms. The summed E-state index contributed by atoms with van der Waals surface area (Å²) in [7, 11) is -3.40. The van der Waals surface area contributed by atoms with E-state index in [1.165, 1.54) is 0 Å². The maximum atomic E-state index is 13.3. The van der Waals surface area contributed by atoms with Gasteiger partial charge in [-0.2, -0.15) is 0 Å². The van der Waals surface area contributed by atoms with E-state index in [2.05, 4.69) is 14.9 Å². The van der Waals surface area contributed by atoms with Crippen LogP contribution in [0, 0.1) is 0 Å². The monoisotopic (exact) mass is 493 g/mol. The molecule has 1 radical (unpaired) electrons. The van der Waals surface area contributed by atoms with Gasteiger partial charge in [0.2, 0.25) is 15.9 Å². The first-order valence-electron chi connectivity index (χ1n) is 10.9. The van der Waals surface area contributed by atoms with E-state index in [1.807, 2.05) is 29.2 Å². The van der Waals surface area contributed by atoms with Crippen molar-refractivity contribution >= 4 is 38.9 Å². The van der Waals surface area contributed by atoms with Crippen molar-refractivity contribution in [1.29, 1.82) is 0 Å². The zero-order chi connectivity index (χ0) is 23.8. The fourth-order valence-corrected chi connectivity index (χ4v) is 4.57. The first kappa shape index (κ1) is 25.3. The summed E-state index contributed by atoms with van der Waals surface area (Å²) in [5.41, 5.74) is 2.31. The van der Waals surface area contributed by atoms with Crippen LogP contribution in [0.1, 0.15) is 12.0 Å². The van der Waals surface area contributed by atoms with E-state index < -0.39 is 16.1 Å². The van der Waals surface area contributed by atoms with E-state index in [-0.39, 0.29) is 12.5 Å². The molecule has 0 unspecified atom stereocenters. The lowest BCUT2D eigenvalue weighted by atomic mass is 10.0. The Bertz CT molecular complexity index is 1030. The average molecular weight is 494 g/mol. The SMILES string of the molecule is CS(=O)(=O)Nc1ccccc1N1CCN(C(=O)[C@@H](Cc2ccc(Cl)cc2)NCCC[O])CC1. The van der Waals surface area contributed by atoms with Crippen LogP contribution in [-0.4, -0.2) is 70.9 Å². The van der Waals surface area contributed by atoms with Gasteiger partial charge in [-0.3, -0.25) is 9.52 Å². The van der Waals surface area contributed by atoms with Gasteiger partial charge in [0.05, 0.1) is 30.3 Å². The normalized spacial score (nSPS) is 15.4. The number of rotatable bonds is 10. The largest absolute Gasteiger partial charge is 0.366 e. The molecule has 3 rings (SSSR count). The van der Waals surface area contributed by atoms with Gasteiger partial charge in [-0.1, -0.05) is 35.9 Å². The lowest BCUT2D eigenvalue weighted by Gasteiger charge is -2.38. The van der Waals surface area contributed by atoms with E-state index in [0.717, 1.165) is 17.5 Å². The number of hydrogen-bond donors (Lipinski definition) is 2. The quantitative estimate of drug-likeness (QED) is 0.495. The summed E-state index contributed by atoms with van der Waals surface area (Å²) in [6.07, 6.45) is 2.10. The Balaban J connectivity index is 1.66. The second-order valence-electron chi connectivity index (χ2n) is 8.10. The van der Waals surface area contributed by atoms with Crippen LogP contribution in [-0.2, 0) is 26.3 Å². The molecule has 2 aromatic rings. The smallest absolute Gasteiger partial charge is 0.240 e. The lowest BCUT2D eigenvalue weighted by molar-refractivity contribution is -0.133. The molecular weight excluding hydrogens is 464 g/mol. The Morgan fingerprint density at radius 1 is 1.06 bits per heavy atom. The zero-order valence-electron chi connectivity index (χ0n) is 18.7. The average Bonchev–Trinajstić information content (AvgIpc) is 2.79. The van der Waals surface area contributed by atoms with Gasteiger partial charge < -0.3 is 15.1 Å². The number of nitrogens with zero attached hydrogens (tertiary/aromatic N) is 2. The fraction of sp³-hybridized carbons (Fsp3) is 0.435. The van der Waals surface area contributed by atoms with Gasteiger partial charge in [-0.15, -0.1) is 0 Å². The summed E-state index contributed by atoms with van der Waals surface area (Å²) in [6, 6.07) is 14.2. The maximum Gasteiger partial charge on any atom is 0.240 e. The number of anilines is 2. The van der Waals surface area contributed by atoms with Crippen LogP contribution in [0.25, 0.3) is 0 Å². The van der Waals surface area contributed by atoms with Crippen LogP contribution < -0.4 is 14.9 Å². The van der Waals surface area contributed by atoms with E-state index in [1.54, 1.807) is 24.3 Å². The number of nitrogens with one attached hydrogen (secondary N) is 2. The van der Waals surface area contributed by atoms with Gasteiger partial charge in [0.15, 0.2) is 0 Å². The summed E-state index contributed by atoms with van der Waals surface area (Å²) in [4.78, 5) is 17.2. The molecule has 1 aliphatic rings. The summed E-state index contributed by atoms with van der Waals surface area (Å²) >= 11 is 5.98. The van der Waals surface area contributed by atoms with Crippen LogP contribution in [0.15, 0.2) is 48.5 Å². The van der Waals surface area contributed by atoms with Crippen molar-refractivity contribution in [2.75, 3.05) is 55.2 Å². The highest BCUT2D eigenvalue weighted by molar-refractivity contribution is 7.92. The highest BCUT2D eigenvalue weighted by Crippen LogP contribution is 2.27. The van der Waals surface area contributed by atoms with Crippen LogP contribution in [0.3, 0.4) is 0 Å². The topological polar surface area (TPSA) is 102 Å². The number of carbonyl (C=O) groups is 1. The Labute approximate surface area is 200 Å². The molecule has 0 saturated carbocycles. The van der Waals surface area contributed by atoms with Crippen molar-refractivity contribution < 1.29 is 18.3 Å². The molecule has 1 fully saturated rings. The standard InChI is InChI=1S/C23H30ClN4O4S/c1-33(31,32)26-20-5-2-3-6-22(20)27-12-14-28(15-13-27)23(30)21(25-11-4-16-29)17-18-7-9-19(24)10-8-18/h2-3,5-10,21,25-26H,4,11-17H2,1H3/t21-/m1/s1. The molecule has 2 N–H and O–H groups in total. The Morgan fingerprint density at radius 3 is 2.36 bits per heavy atom. The molecule has 1 atom stereocenters. The first-order chi connectivity index (χ1) is 15.8. The molecular formula is C23H30ClN4O4S. The minimum Gasteiger partial charge on any atom is -0.366 e. The lowest BCUT2D eigenvalue weighted by Crippen LogP contribution is -2.55. The van der Waals surface area contributed by atoms with Crippen molar-refractivity contribution in [3.8, 4) is 0 Å². The minimum atomic E-state index is -3.40.